The van der Waals surface area contributed by atoms with Gasteiger partial charge in [0.05, 0.1) is 0 Å². The summed E-state index contributed by atoms with van der Waals surface area (Å²) >= 11 is 0. The Morgan fingerprint density at radius 2 is 1.45 bits per heavy atom. The first-order chi connectivity index (χ1) is 18.3. The second-order valence-corrected chi connectivity index (χ2v) is 14.9. The van der Waals surface area contributed by atoms with E-state index in [1.54, 1.807) is 5.57 Å². The average molecular weight is 561 g/mol. The molecule has 3 rings (SSSR count). The SMILES string of the molecule is C.CCC(CC/C=C\CC1CCC(C2CCC=C2C)CC1)C(C)(C)C.CCCCCCCCCC(C)C1CC1.O. The van der Waals surface area contributed by atoms with Gasteiger partial charge >= 0.3 is 0 Å². The molecule has 238 valence electrons. The van der Waals surface area contributed by atoms with Gasteiger partial charge < -0.3 is 5.48 Å². The van der Waals surface area contributed by atoms with Crippen LogP contribution in [0.1, 0.15) is 184 Å². The molecule has 3 aliphatic carbocycles. The summed E-state index contributed by atoms with van der Waals surface area (Å²) in [6.45, 7) is 16.6. The minimum absolute atomic E-state index is 0. The number of rotatable bonds is 16. The summed E-state index contributed by atoms with van der Waals surface area (Å²) in [5.41, 5.74) is 2.16. The maximum atomic E-state index is 2.50. The van der Waals surface area contributed by atoms with Crippen molar-refractivity contribution in [1.29, 1.82) is 0 Å². The molecule has 0 aromatic heterocycles. The fourth-order valence-electron chi connectivity index (χ4n) is 7.58. The Labute approximate surface area is 254 Å². The minimum atomic E-state index is 0. The van der Waals surface area contributed by atoms with E-state index in [0.717, 1.165) is 35.5 Å². The predicted molar refractivity (Wildman–Crippen MR) is 183 cm³/mol. The molecular weight excluding hydrogens is 484 g/mol. The maximum absolute atomic E-state index is 2.50. The minimum Gasteiger partial charge on any atom is -0.412 e. The molecule has 1 heteroatoms. The van der Waals surface area contributed by atoms with Crippen LogP contribution >= 0.6 is 0 Å². The van der Waals surface area contributed by atoms with Gasteiger partial charge in [0.1, 0.15) is 0 Å². The molecule has 0 amide bonds. The topological polar surface area (TPSA) is 31.5 Å². The largest absolute Gasteiger partial charge is 0.412 e. The Morgan fingerprint density at radius 1 is 0.825 bits per heavy atom. The second-order valence-electron chi connectivity index (χ2n) is 14.9. The van der Waals surface area contributed by atoms with Crippen LogP contribution in [0.15, 0.2) is 23.8 Å². The third-order valence-electron chi connectivity index (χ3n) is 10.7. The normalized spacial score (nSPS) is 24.4. The number of allylic oxidation sites excluding steroid dienone is 4. The summed E-state index contributed by atoms with van der Waals surface area (Å²) < 4.78 is 0. The lowest BCUT2D eigenvalue weighted by atomic mass is 9.73. The van der Waals surface area contributed by atoms with Crippen LogP contribution in [-0.2, 0) is 0 Å². The van der Waals surface area contributed by atoms with Crippen LogP contribution in [0.4, 0.5) is 0 Å². The van der Waals surface area contributed by atoms with E-state index in [2.05, 4.69) is 66.7 Å². The molecule has 3 unspecified atom stereocenters. The first-order valence-corrected chi connectivity index (χ1v) is 17.6. The lowest BCUT2D eigenvalue weighted by Crippen LogP contribution is -2.21. The van der Waals surface area contributed by atoms with Gasteiger partial charge in [-0.2, -0.15) is 0 Å². The van der Waals surface area contributed by atoms with Crippen molar-refractivity contribution in [2.75, 3.05) is 0 Å². The second kappa shape index (κ2) is 22.0. The fourth-order valence-corrected chi connectivity index (χ4v) is 7.58. The van der Waals surface area contributed by atoms with Gasteiger partial charge in [-0.25, -0.2) is 0 Å². The van der Waals surface area contributed by atoms with Gasteiger partial charge in [-0.05, 0) is 118 Å². The summed E-state index contributed by atoms with van der Waals surface area (Å²) in [6.07, 6.45) is 36.2. The van der Waals surface area contributed by atoms with E-state index >= 15 is 0 Å². The first-order valence-electron chi connectivity index (χ1n) is 17.6. The maximum Gasteiger partial charge on any atom is -0.0175 e. The third-order valence-corrected chi connectivity index (χ3v) is 10.7. The molecule has 3 aliphatic rings. The standard InChI is InChI=1S/C24H42.C14H28.CH4.H2O/c1-6-22(24(3,4)5)13-9-7-8-12-20-15-17-21(18-16-20)23-14-10-11-19(23)2;1-3-4-5-6-7-8-9-10-13(2)14-11-12-14;;/h7-8,11,20-23H,6,9-10,12-18H2,1-5H3;13-14H,3-12H2,1-2H3;1H4;1H2/b8-7-;;;. The van der Waals surface area contributed by atoms with E-state index in [-0.39, 0.29) is 12.9 Å². The summed E-state index contributed by atoms with van der Waals surface area (Å²) in [6, 6.07) is 0. The van der Waals surface area contributed by atoms with Gasteiger partial charge in [0, 0.05) is 0 Å². The van der Waals surface area contributed by atoms with Crippen LogP contribution < -0.4 is 0 Å². The van der Waals surface area contributed by atoms with Crippen LogP contribution in [0.2, 0.25) is 0 Å². The molecule has 0 radical (unpaired) electrons. The van der Waals surface area contributed by atoms with Crippen molar-refractivity contribution in [3.05, 3.63) is 23.8 Å². The summed E-state index contributed by atoms with van der Waals surface area (Å²) in [5, 5.41) is 0. The van der Waals surface area contributed by atoms with Crippen LogP contribution in [0, 0.1) is 40.9 Å². The molecule has 0 spiro atoms. The molecule has 1 nitrogen and oxygen atoms in total. The van der Waals surface area contributed by atoms with Gasteiger partial charge in [-0.1, -0.05) is 131 Å². The van der Waals surface area contributed by atoms with Gasteiger partial charge in [-0.15, -0.1) is 0 Å². The Morgan fingerprint density at radius 3 is 1.98 bits per heavy atom. The number of unbranched alkanes of at least 4 members (excludes halogenated alkanes) is 6. The Hall–Kier alpha value is -0.560. The van der Waals surface area contributed by atoms with Crippen LogP contribution in [-0.4, -0.2) is 5.48 Å². The molecule has 2 fully saturated rings. The van der Waals surface area contributed by atoms with Crippen molar-refractivity contribution < 1.29 is 5.48 Å². The highest BCUT2D eigenvalue weighted by Gasteiger charge is 2.29. The monoisotopic (exact) mass is 561 g/mol. The molecule has 2 N–H and O–H groups in total. The molecule has 0 bridgehead atoms. The first kappa shape index (κ1) is 39.4. The zero-order valence-corrected chi connectivity index (χ0v) is 27.8. The van der Waals surface area contributed by atoms with Gasteiger partial charge in [0.25, 0.3) is 0 Å². The number of hydrogen-bond donors (Lipinski definition) is 0. The fraction of sp³-hybridized carbons (Fsp3) is 0.897. The van der Waals surface area contributed by atoms with Crippen molar-refractivity contribution in [2.45, 2.75) is 184 Å². The van der Waals surface area contributed by atoms with Gasteiger partial charge in [0.15, 0.2) is 0 Å². The molecule has 0 saturated heterocycles. The van der Waals surface area contributed by atoms with Crippen molar-refractivity contribution in [2.24, 2.45) is 40.9 Å². The third kappa shape index (κ3) is 16.2. The Balaban J connectivity index is 0.000000819. The van der Waals surface area contributed by atoms with Crippen LogP contribution in [0.5, 0.6) is 0 Å². The van der Waals surface area contributed by atoms with Gasteiger partial charge in [0.2, 0.25) is 0 Å². The highest BCUT2D eigenvalue weighted by Crippen LogP contribution is 2.42. The molecule has 2 saturated carbocycles. The van der Waals surface area contributed by atoms with Crippen molar-refractivity contribution in [3.8, 4) is 0 Å². The van der Waals surface area contributed by atoms with E-state index in [9.17, 15) is 0 Å². The lowest BCUT2D eigenvalue weighted by molar-refractivity contribution is 0.219. The van der Waals surface area contributed by atoms with Crippen LogP contribution in [0.3, 0.4) is 0 Å². The molecule has 40 heavy (non-hydrogen) atoms. The van der Waals surface area contributed by atoms with Crippen molar-refractivity contribution in [3.63, 3.8) is 0 Å². The van der Waals surface area contributed by atoms with Crippen molar-refractivity contribution >= 4 is 0 Å². The summed E-state index contributed by atoms with van der Waals surface area (Å²) in [5.74, 6) is 5.92. The van der Waals surface area contributed by atoms with E-state index in [0.29, 0.717) is 5.41 Å². The predicted octanol–water partition coefficient (Wildman–Crippen LogP) is 12.9. The number of hydrogen-bond acceptors (Lipinski definition) is 0. The highest BCUT2D eigenvalue weighted by molar-refractivity contribution is 5.11. The molecular formula is C39H76O. The lowest BCUT2D eigenvalue weighted by Gasteiger charge is -2.32. The molecule has 0 aliphatic heterocycles. The molecule has 0 aromatic rings. The van der Waals surface area contributed by atoms with E-state index < -0.39 is 0 Å². The Kier molecular flexibility index (Phi) is 21.7. The molecule has 0 heterocycles. The van der Waals surface area contributed by atoms with Crippen molar-refractivity contribution in [1.82, 2.24) is 0 Å². The van der Waals surface area contributed by atoms with Crippen LogP contribution in [0.25, 0.3) is 0 Å². The zero-order chi connectivity index (χ0) is 27.8. The van der Waals surface area contributed by atoms with Gasteiger partial charge in [-0.3, -0.25) is 0 Å². The van der Waals surface area contributed by atoms with E-state index in [1.807, 2.05) is 0 Å². The quantitative estimate of drug-likeness (QED) is 0.133. The Bertz CT molecular complexity index is 640. The summed E-state index contributed by atoms with van der Waals surface area (Å²) in [7, 11) is 0. The molecule has 3 atom stereocenters. The summed E-state index contributed by atoms with van der Waals surface area (Å²) in [4.78, 5) is 0. The molecule has 0 aromatic carbocycles. The highest BCUT2D eigenvalue weighted by atomic mass is 16.0. The average Bonchev–Trinajstić information content (AvgIpc) is 3.66. The zero-order valence-electron chi connectivity index (χ0n) is 27.8. The van der Waals surface area contributed by atoms with E-state index in [1.165, 1.54) is 128 Å². The smallest absolute Gasteiger partial charge is 0.0175 e. The van der Waals surface area contributed by atoms with E-state index in [4.69, 9.17) is 0 Å².